The lowest BCUT2D eigenvalue weighted by atomic mass is 10.4. The summed E-state index contributed by atoms with van der Waals surface area (Å²) in [6.45, 7) is 0. The van der Waals surface area contributed by atoms with Gasteiger partial charge in [0.05, 0.1) is 6.20 Å². The van der Waals surface area contributed by atoms with Crippen molar-refractivity contribution in [3.63, 3.8) is 0 Å². The summed E-state index contributed by atoms with van der Waals surface area (Å²) in [7, 11) is 1.61. The summed E-state index contributed by atoms with van der Waals surface area (Å²) in [6.07, 6.45) is 4.37. The Hall–Kier alpha value is -1.49. The predicted molar refractivity (Wildman–Crippen MR) is 38.6 cm³/mol. The number of nitrogens with zero attached hydrogens (tertiary/aromatic N) is 2. The van der Waals surface area contributed by atoms with Gasteiger partial charge in [0, 0.05) is 19.4 Å². The fourth-order valence-electron chi connectivity index (χ4n) is 0.594. The normalized spacial score (nSPS) is 9.18. The Kier molecular flexibility index (Phi) is 2.51. The molecular formula is C6H8N4O. The van der Waals surface area contributed by atoms with Gasteiger partial charge in [-0.1, -0.05) is 0 Å². The Morgan fingerprint density at radius 3 is 2.91 bits per heavy atom. The molecule has 0 atom stereocenters. The molecule has 0 aliphatic carbocycles. The zero-order chi connectivity index (χ0) is 8.10. The Morgan fingerprint density at radius 2 is 2.36 bits per heavy atom. The third kappa shape index (κ3) is 1.98. The number of nitrogens with one attached hydrogen (secondary N) is 2. The number of hydrogen-bond donors (Lipinski definition) is 2. The van der Waals surface area contributed by atoms with Crippen LogP contribution < -0.4 is 10.9 Å². The first kappa shape index (κ1) is 7.62. The average Bonchev–Trinajstić information content (AvgIpc) is 2.07. The van der Waals surface area contributed by atoms with Gasteiger partial charge in [-0.05, 0) is 0 Å². The van der Waals surface area contributed by atoms with Gasteiger partial charge in [-0.2, -0.15) is 0 Å². The lowest BCUT2D eigenvalue weighted by molar-refractivity contribution is 0.0932. The van der Waals surface area contributed by atoms with E-state index in [0.29, 0.717) is 5.69 Å². The smallest absolute Gasteiger partial charge is 0.285 e. The summed E-state index contributed by atoms with van der Waals surface area (Å²) < 4.78 is 0. The maximum Gasteiger partial charge on any atom is 0.285 e. The van der Waals surface area contributed by atoms with Crippen LogP contribution in [0.2, 0.25) is 0 Å². The van der Waals surface area contributed by atoms with E-state index in [1.54, 1.807) is 7.05 Å². The molecule has 0 bridgehead atoms. The van der Waals surface area contributed by atoms with Gasteiger partial charge in [-0.25, -0.2) is 10.4 Å². The molecule has 1 amide bonds. The minimum absolute atomic E-state index is 0.291. The second kappa shape index (κ2) is 3.62. The van der Waals surface area contributed by atoms with Crippen molar-refractivity contribution < 1.29 is 4.79 Å². The van der Waals surface area contributed by atoms with Gasteiger partial charge < -0.3 is 0 Å². The maximum atomic E-state index is 11.0. The molecule has 0 unspecified atom stereocenters. The molecule has 5 heteroatoms. The third-order valence-corrected chi connectivity index (χ3v) is 1.03. The first-order valence-electron chi connectivity index (χ1n) is 3.07. The number of carbonyl (C=O) groups is 1. The third-order valence-electron chi connectivity index (χ3n) is 1.03. The molecule has 1 aromatic rings. The largest absolute Gasteiger partial charge is 0.286 e. The highest BCUT2D eigenvalue weighted by Gasteiger charge is 2.03. The second-order valence-electron chi connectivity index (χ2n) is 1.79. The van der Waals surface area contributed by atoms with E-state index in [4.69, 9.17) is 0 Å². The van der Waals surface area contributed by atoms with Crippen LogP contribution in [-0.2, 0) is 0 Å². The number of aromatic nitrogens is 2. The summed E-state index contributed by atoms with van der Waals surface area (Å²) >= 11 is 0. The Bertz CT molecular complexity index is 236. The van der Waals surface area contributed by atoms with E-state index in [2.05, 4.69) is 20.8 Å². The van der Waals surface area contributed by atoms with E-state index in [0.717, 1.165) is 0 Å². The van der Waals surface area contributed by atoms with Crippen molar-refractivity contribution in [3.05, 3.63) is 24.3 Å². The minimum atomic E-state index is -0.291. The van der Waals surface area contributed by atoms with Crippen LogP contribution in [0.15, 0.2) is 18.6 Å². The van der Waals surface area contributed by atoms with E-state index in [1.165, 1.54) is 18.6 Å². The lowest BCUT2D eigenvalue weighted by Gasteiger charge is -1.99. The average molecular weight is 152 g/mol. The first-order valence-corrected chi connectivity index (χ1v) is 3.07. The first-order chi connectivity index (χ1) is 5.34. The summed E-state index contributed by atoms with van der Waals surface area (Å²) in [5.41, 5.74) is 5.16. The number of hydrogen-bond acceptors (Lipinski definition) is 4. The monoisotopic (exact) mass is 152 g/mol. The lowest BCUT2D eigenvalue weighted by Crippen LogP contribution is -2.34. The molecule has 0 aliphatic heterocycles. The van der Waals surface area contributed by atoms with E-state index in [9.17, 15) is 4.79 Å². The highest BCUT2D eigenvalue weighted by Crippen LogP contribution is 1.87. The second-order valence-corrected chi connectivity index (χ2v) is 1.79. The Labute approximate surface area is 63.8 Å². The van der Waals surface area contributed by atoms with Gasteiger partial charge in [0.15, 0.2) is 0 Å². The van der Waals surface area contributed by atoms with Crippen LogP contribution in [0.1, 0.15) is 10.5 Å². The topological polar surface area (TPSA) is 66.9 Å². The van der Waals surface area contributed by atoms with Gasteiger partial charge in [-0.3, -0.25) is 15.2 Å². The van der Waals surface area contributed by atoms with Crippen LogP contribution in [0.4, 0.5) is 0 Å². The molecule has 2 N–H and O–H groups in total. The molecule has 11 heavy (non-hydrogen) atoms. The van der Waals surface area contributed by atoms with Crippen molar-refractivity contribution in [1.82, 2.24) is 20.8 Å². The van der Waals surface area contributed by atoms with Crippen molar-refractivity contribution in [3.8, 4) is 0 Å². The molecule has 0 aromatic carbocycles. The van der Waals surface area contributed by atoms with Crippen molar-refractivity contribution in [2.24, 2.45) is 0 Å². The van der Waals surface area contributed by atoms with Crippen LogP contribution >= 0.6 is 0 Å². The molecule has 0 saturated heterocycles. The molecular weight excluding hydrogens is 144 g/mol. The number of carbonyl (C=O) groups excluding carboxylic acids is 1. The Morgan fingerprint density at radius 1 is 1.55 bits per heavy atom. The van der Waals surface area contributed by atoms with Gasteiger partial charge in [0.2, 0.25) is 0 Å². The van der Waals surface area contributed by atoms with Gasteiger partial charge in [-0.15, -0.1) is 0 Å². The SMILES string of the molecule is CNNC(=O)c1cnccn1. The summed E-state index contributed by atoms with van der Waals surface area (Å²) in [5, 5.41) is 0. The van der Waals surface area contributed by atoms with Crippen molar-refractivity contribution in [2.45, 2.75) is 0 Å². The predicted octanol–water partition coefficient (Wildman–Crippen LogP) is -0.659. The van der Waals surface area contributed by atoms with E-state index in [-0.39, 0.29) is 5.91 Å². The number of hydrazine groups is 1. The molecule has 1 rings (SSSR count). The molecule has 0 saturated carbocycles. The molecule has 1 heterocycles. The molecule has 1 aromatic heterocycles. The molecule has 58 valence electrons. The minimum Gasteiger partial charge on any atom is -0.286 e. The van der Waals surface area contributed by atoms with Crippen LogP contribution in [0.3, 0.4) is 0 Å². The standard InChI is InChI=1S/C6H8N4O/c1-7-10-6(11)5-4-8-2-3-9-5/h2-4,7H,1H3,(H,10,11). The van der Waals surface area contributed by atoms with Crippen LogP contribution in [-0.4, -0.2) is 22.9 Å². The highest BCUT2D eigenvalue weighted by atomic mass is 16.2. The summed E-state index contributed by atoms with van der Waals surface area (Å²) in [5.74, 6) is -0.291. The van der Waals surface area contributed by atoms with Gasteiger partial charge in [0.1, 0.15) is 5.69 Å². The number of rotatable bonds is 2. The van der Waals surface area contributed by atoms with Crippen LogP contribution in [0.25, 0.3) is 0 Å². The van der Waals surface area contributed by atoms with E-state index < -0.39 is 0 Å². The summed E-state index contributed by atoms with van der Waals surface area (Å²) in [4.78, 5) is 18.5. The van der Waals surface area contributed by atoms with Gasteiger partial charge >= 0.3 is 0 Å². The number of amides is 1. The highest BCUT2D eigenvalue weighted by molar-refractivity contribution is 5.91. The van der Waals surface area contributed by atoms with Crippen molar-refractivity contribution >= 4 is 5.91 Å². The molecule has 5 nitrogen and oxygen atoms in total. The van der Waals surface area contributed by atoms with E-state index in [1.807, 2.05) is 0 Å². The Balaban J connectivity index is 2.69. The maximum absolute atomic E-state index is 11.0. The van der Waals surface area contributed by atoms with Crippen molar-refractivity contribution in [2.75, 3.05) is 7.05 Å². The zero-order valence-electron chi connectivity index (χ0n) is 6.03. The zero-order valence-corrected chi connectivity index (χ0v) is 6.03. The molecule has 0 radical (unpaired) electrons. The fraction of sp³-hybridized carbons (Fsp3) is 0.167. The van der Waals surface area contributed by atoms with Crippen LogP contribution in [0, 0.1) is 0 Å². The molecule has 0 spiro atoms. The van der Waals surface area contributed by atoms with Gasteiger partial charge in [0.25, 0.3) is 5.91 Å². The van der Waals surface area contributed by atoms with Crippen molar-refractivity contribution in [1.29, 1.82) is 0 Å². The molecule has 0 aliphatic rings. The van der Waals surface area contributed by atoms with E-state index >= 15 is 0 Å². The molecule has 0 fully saturated rings. The summed E-state index contributed by atoms with van der Waals surface area (Å²) in [6, 6.07) is 0. The van der Waals surface area contributed by atoms with Crippen LogP contribution in [0.5, 0.6) is 0 Å². The fourth-order valence-corrected chi connectivity index (χ4v) is 0.594. The quantitative estimate of drug-likeness (QED) is 0.552.